The predicted molar refractivity (Wildman–Crippen MR) is 62.8 cm³/mol. The van der Waals surface area contributed by atoms with Crippen LogP contribution in [0.15, 0.2) is 24.3 Å². The van der Waals surface area contributed by atoms with E-state index in [0.29, 0.717) is 11.7 Å². The molecule has 1 aromatic rings. The molecule has 0 atom stereocenters. The third-order valence-corrected chi connectivity index (χ3v) is 3.52. The van der Waals surface area contributed by atoms with Gasteiger partial charge in [0.05, 0.1) is 0 Å². The van der Waals surface area contributed by atoms with Crippen molar-refractivity contribution in [2.75, 3.05) is 14.2 Å². The predicted octanol–water partition coefficient (Wildman–Crippen LogP) is 3.59. The summed E-state index contributed by atoms with van der Waals surface area (Å²) < 4.78 is 26.3. The van der Waals surface area contributed by atoms with Gasteiger partial charge in [-0.15, -0.1) is 0 Å². The molecule has 90 valence electrons. The second-order valence-corrected chi connectivity index (χ2v) is 5.44. The Balaban J connectivity index is 2.89. The summed E-state index contributed by atoms with van der Waals surface area (Å²) in [5, 5.41) is 0. The minimum Gasteiger partial charge on any atom is -0.404 e. The molecular formula is C11H17O4P. The second-order valence-electron chi connectivity index (χ2n) is 3.63. The van der Waals surface area contributed by atoms with Crippen LogP contribution in [0.3, 0.4) is 0 Å². The number of phosphoric ester groups is 1. The van der Waals surface area contributed by atoms with Crippen LogP contribution < -0.4 is 4.52 Å². The van der Waals surface area contributed by atoms with Gasteiger partial charge in [0.1, 0.15) is 5.75 Å². The third-order valence-electron chi connectivity index (χ3n) is 2.19. The molecule has 0 unspecified atom stereocenters. The van der Waals surface area contributed by atoms with Gasteiger partial charge in [0, 0.05) is 14.2 Å². The lowest BCUT2D eigenvalue weighted by Crippen LogP contribution is -1.98. The van der Waals surface area contributed by atoms with Crippen molar-refractivity contribution in [2.45, 2.75) is 19.8 Å². The van der Waals surface area contributed by atoms with Crippen LogP contribution in [0.25, 0.3) is 0 Å². The molecule has 0 radical (unpaired) electrons. The molecule has 0 aromatic heterocycles. The fourth-order valence-electron chi connectivity index (χ4n) is 1.21. The lowest BCUT2D eigenvalue weighted by atomic mass is 10.0. The van der Waals surface area contributed by atoms with Gasteiger partial charge in [0.2, 0.25) is 0 Å². The Morgan fingerprint density at radius 2 is 1.81 bits per heavy atom. The topological polar surface area (TPSA) is 44.8 Å². The monoisotopic (exact) mass is 244 g/mol. The molecule has 0 saturated heterocycles. The quantitative estimate of drug-likeness (QED) is 0.742. The zero-order valence-corrected chi connectivity index (χ0v) is 10.9. The minimum atomic E-state index is -3.45. The van der Waals surface area contributed by atoms with E-state index in [0.717, 1.165) is 5.56 Å². The molecule has 16 heavy (non-hydrogen) atoms. The van der Waals surface area contributed by atoms with Crippen LogP contribution in [0.5, 0.6) is 5.75 Å². The van der Waals surface area contributed by atoms with Gasteiger partial charge in [0.25, 0.3) is 0 Å². The zero-order chi connectivity index (χ0) is 12.2. The summed E-state index contributed by atoms with van der Waals surface area (Å²) in [5.74, 6) is 0.867. The van der Waals surface area contributed by atoms with E-state index >= 15 is 0 Å². The number of hydrogen-bond donors (Lipinski definition) is 0. The Morgan fingerprint density at radius 1 is 1.19 bits per heavy atom. The Kier molecular flexibility index (Phi) is 4.54. The van der Waals surface area contributed by atoms with Crippen LogP contribution in [0, 0.1) is 0 Å². The molecule has 0 bridgehead atoms. The largest absolute Gasteiger partial charge is 0.529 e. The van der Waals surface area contributed by atoms with Crippen LogP contribution >= 0.6 is 7.82 Å². The van der Waals surface area contributed by atoms with E-state index < -0.39 is 7.82 Å². The maximum Gasteiger partial charge on any atom is 0.529 e. The summed E-state index contributed by atoms with van der Waals surface area (Å²) in [6.45, 7) is 4.15. The summed E-state index contributed by atoms with van der Waals surface area (Å²) in [4.78, 5) is 0. The summed E-state index contributed by atoms with van der Waals surface area (Å²) in [6, 6.07) is 7.38. The van der Waals surface area contributed by atoms with Gasteiger partial charge in [-0.05, 0) is 23.6 Å². The van der Waals surface area contributed by atoms with Gasteiger partial charge in [0.15, 0.2) is 0 Å². The van der Waals surface area contributed by atoms with Crippen LogP contribution in [0.1, 0.15) is 25.3 Å². The van der Waals surface area contributed by atoms with Crippen molar-refractivity contribution in [3.63, 3.8) is 0 Å². The highest BCUT2D eigenvalue weighted by molar-refractivity contribution is 7.48. The van der Waals surface area contributed by atoms with E-state index in [-0.39, 0.29) is 0 Å². The van der Waals surface area contributed by atoms with Crippen molar-refractivity contribution in [3.05, 3.63) is 29.8 Å². The molecule has 0 fully saturated rings. The molecule has 0 amide bonds. The molecule has 0 aliphatic carbocycles. The average Bonchev–Trinajstić information content (AvgIpc) is 2.29. The first-order valence-corrected chi connectivity index (χ1v) is 6.48. The summed E-state index contributed by atoms with van der Waals surface area (Å²) >= 11 is 0. The smallest absolute Gasteiger partial charge is 0.404 e. The summed E-state index contributed by atoms with van der Waals surface area (Å²) in [5.41, 5.74) is 1.11. The van der Waals surface area contributed by atoms with Crippen molar-refractivity contribution >= 4 is 7.82 Å². The number of rotatable bonds is 5. The summed E-state index contributed by atoms with van der Waals surface area (Å²) in [7, 11) is -0.877. The molecule has 1 aromatic carbocycles. The van der Waals surface area contributed by atoms with Gasteiger partial charge in [-0.25, -0.2) is 4.57 Å². The fraction of sp³-hybridized carbons (Fsp3) is 0.455. The van der Waals surface area contributed by atoms with Crippen molar-refractivity contribution in [3.8, 4) is 5.75 Å². The maximum absolute atomic E-state index is 11.7. The standard InChI is InChI=1S/C11H17O4P/c1-9(2)10-6-5-7-11(8-10)15-16(12,13-3)14-4/h5-9H,1-4H3. The van der Waals surface area contributed by atoms with Gasteiger partial charge >= 0.3 is 7.82 Å². The van der Waals surface area contributed by atoms with Crippen molar-refractivity contribution < 1.29 is 18.1 Å². The number of hydrogen-bond acceptors (Lipinski definition) is 4. The van der Waals surface area contributed by atoms with Crippen LogP contribution in [0.2, 0.25) is 0 Å². The Bertz CT molecular complexity index is 381. The van der Waals surface area contributed by atoms with Gasteiger partial charge in [-0.3, -0.25) is 9.05 Å². The second kappa shape index (κ2) is 5.48. The third kappa shape index (κ3) is 3.34. The Morgan fingerprint density at radius 3 is 2.31 bits per heavy atom. The molecule has 0 heterocycles. The van der Waals surface area contributed by atoms with E-state index in [9.17, 15) is 4.57 Å². The van der Waals surface area contributed by atoms with E-state index in [2.05, 4.69) is 13.8 Å². The van der Waals surface area contributed by atoms with E-state index in [1.807, 2.05) is 18.2 Å². The minimum absolute atomic E-state index is 0.382. The lowest BCUT2D eigenvalue weighted by Gasteiger charge is -2.15. The van der Waals surface area contributed by atoms with Crippen LogP contribution in [-0.2, 0) is 13.6 Å². The SMILES string of the molecule is COP(=O)(OC)Oc1cccc(C(C)C)c1. The van der Waals surface area contributed by atoms with Crippen LogP contribution in [0.4, 0.5) is 0 Å². The van der Waals surface area contributed by atoms with Crippen LogP contribution in [-0.4, -0.2) is 14.2 Å². The first-order valence-electron chi connectivity index (χ1n) is 5.02. The molecule has 0 aliphatic heterocycles. The molecule has 0 saturated carbocycles. The number of phosphoric acid groups is 1. The summed E-state index contributed by atoms with van der Waals surface area (Å²) in [6.07, 6.45) is 0. The van der Waals surface area contributed by atoms with E-state index in [1.54, 1.807) is 6.07 Å². The van der Waals surface area contributed by atoms with E-state index in [4.69, 9.17) is 13.6 Å². The Hall–Kier alpha value is -0.830. The fourth-order valence-corrected chi connectivity index (χ4v) is 1.88. The average molecular weight is 244 g/mol. The highest BCUT2D eigenvalue weighted by Crippen LogP contribution is 2.47. The van der Waals surface area contributed by atoms with Gasteiger partial charge in [-0.1, -0.05) is 26.0 Å². The molecular weight excluding hydrogens is 227 g/mol. The number of benzene rings is 1. The zero-order valence-electron chi connectivity index (χ0n) is 9.97. The lowest BCUT2D eigenvalue weighted by molar-refractivity contribution is 0.211. The van der Waals surface area contributed by atoms with Crippen molar-refractivity contribution in [1.29, 1.82) is 0 Å². The molecule has 0 spiro atoms. The highest BCUT2D eigenvalue weighted by atomic mass is 31.2. The highest BCUT2D eigenvalue weighted by Gasteiger charge is 2.24. The first-order chi connectivity index (χ1) is 7.50. The molecule has 1 rings (SSSR count). The molecule has 0 aliphatic rings. The van der Waals surface area contributed by atoms with Crippen molar-refractivity contribution in [1.82, 2.24) is 0 Å². The molecule has 0 N–H and O–H groups in total. The van der Waals surface area contributed by atoms with Gasteiger partial charge < -0.3 is 4.52 Å². The van der Waals surface area contributed by atoms with Gasteiger partial charge in [-0.2, -0.15) is 0 Å². The molecule has 5 heteroatoms. The van der Waals surface area contributed by atoms with E-state index in [1.165, 1.54) is 14.2 Å². The Labute approximate surface area is 96.1 Å². The molecule has 4 nitrogen and oxygen atoms in total. The normalized spacial score (nSPS) is 11.8. The first kappa shape index (κ1) is 13.2. The maximum atomic E-state index is 11.7. The van der Waals surface area contributed by atoms with Crippen molar-refractivity contribution in [2.24, 2.45) is 0 Å².